The summed E-state index contributed by atoms with van der Waals surface area (Å²) in [5.74, 6) is -2.80. The molecule has 1 N–H and O–H groups in total. The van der Waals surface area contributed by atoms with Crippen LogP contribution in [0.2, 0.25) is 0 Å². The Morgan fingerprint density at radius 3 is 2.60 bits per heavy atom. The fraction of sp³-hybridized carbons (Fsp3) is 0.579. The first-order chi connectivity index (χ1) is 11.7. The molecule has 2 fully saturated rings. The van der Waals surface area contributed by atoms with Crippen LogP contribution in [0.1, 0.15) is 52.4 Å². The summed E-state index contributed by atoms with van der Waals surface area (Å²) in [6, 6.07) is 0. The number of fused-ring (bicyclic) bond motifs is 1. The lowest BCUT2D eigenvalue weighted by Crippen LogP contribution is -2.42. The number of carbonyl (C=O) groups excluding carboxylic acids is 3. The zero-order valence-corrected chi connectivity index (χ0v) is 14.5. The number of allylic oxidation sites excluding steroid dienone is 3. The summed E-state index contributed by atoms with van der Waals surface area (Å²) in [5.41, 5.74) is -0.156. The summed E-state index contributed by atoms with van der Waals surface area (Å²) in [6.45, 7) is 3.45. The van der Waals surface area contributed by atoms with E-state index in [-0.39, 0.29) is 41.2 Å². The summed E-state index contributed by atoms with van der Waals surface area (Å²) in [4.78, 5) is 47.1. The maximum Gasteiger partial charge on any atom is 0.320 e. The maximum absolute atomic E-state index is 12.3. The van der Waals surface area contributed by atoms with Gasteiger partial charge in [-0.1, -0.05) is 19.1 Å². The normalized spacial score (nSPS) is 30.3. The zero-order chi connectivity index (χ0) is 18.8. The van der Waals surface area contributed by atoms with E-state index in [9.17, 15) is 24.3 Å². The number of carboxylic acids is 1. The smallest absolute Gasteiger partial charge is 0.320 e. The summed E-state index contributed by atoms with van der Waals surface area (Å²) in [5, 5.41) is 19.5. The molecule has 0 amide bonds. The molecule has 6 nitrogen and oxygen atoms in total. The fourth-order valence-electron chi connectivity index (χ4n) is 4.07. The minimum absolute atomic E-state index is 0.0125. The maximum atomic E-state index is 12.3. The largest absolute Gasteiger partial charge is 0.868 e. The Bertz CT molecular complexity index is 671. The lowest BCUT2D eigenvalue weighted by Gasteiger charge is -2.39. The SMILES string of the molecule is CC(=CC=C([O-])C(=O)O)C(=O)CC[C@@H]1C(=O)CC[C@]2(C)C(=O)CC[C@@H]12. The first-order valence-electron chi connectivity index (χ1n) is 8.55. The molecule has 136 valence electrons. The molecule has 2 aliphatic rings. The van der Waals surface area contributed by atoms with Gasteiger partial charge in [0.05, 0.1) is 0 Å². The summed E-state index contributed by atoms with van der Waals surface area (Å²) >= 11 is 0. The quantitative estimate of drug-likeness (QED) is 0.443. The van der Waals surface area contributed by atoms with Crippen LogP contribution < -0.4 is 5.11 Å². The van der Waals surface area contributed by atoms with Crippen molar-refractivity contribution < 1.29 is 29.4 Å². The second kappa shape index (κ2) is 7.33. The second-order valence-corrected chi connectivity index (χ2v) is 7.21. The number of aliphatic carboxylic acids is 1. The Morgan fingerprint density at radius 2 is 1.96 bits per heavy atom. The van der Waals surface area contributed by atoms with Crippen molar-refractivity contribution in [3.8, 4) is 0 Å². The third-order valence-corrected chi connectivity index (χ3v) is 5.75. The van der Waals surface area contributed by atoms with Crippen LogP contribution in [0.15, 0.2) is 23.5 Å². The average molecular weight is 347 g/mol. The molecule has 0 saturated heterocycles. The Balaban J connectivity index is 2.02. The van der Waals surface area contributed by atoms with E-state index in [1.54, 1.807) is 0 Å². The highest BCUT2D eigenvalue weighted by molar-refractivity contribution is 5.96. The van der Waals surface area contributed by atoms with E-state index in [2.05, 4.69) is 0 Å². The van der Waals surface area contributed by atoms with Crippen molar-refractivity contribution >= 4 is 23.3 Å². The molecule has 0 radical (unpaired) electrons. The van der Waals surface area contributed by atoms with Gasteiger partial charge in [-0.3, -0.25) is 14.4 Å². The third kappa shape index (κ3) is 3.89. The van der Waals surface area contributed by atoms with Crippen molar-refractivity contribution in [2.75, 3.05) is 0 Å². The second-order valence-electron chi connectivity index (χ2n) is 7.21. The number of hydrogen-bond donors (Lipinski definition) is 1. The molecule has 0 aliphatic heterocycles. The zero-order valence-electron chi connectivity index (χ0n) is 14.5. The minimum atomic E-state index is -1.57. The molecule has 3 atom stereocenters. The van der Waals surface area contributed by atoms with Crippen molar-refractivity contribution in [1.29, 1.82) is 0 Å². The first kappa shape index (κ1) is 19.1. The van der Waals surface area contributed by atoms with E-state index in [1.165, 1.54) is 13.0 Å². The summed E-state index contributed by atoms with van der Waals surface area (Å²) in [7, 11) is 0. The first-order valence-corrected chi connectivity index (χ1v) is 8.55. The molecule has 0 bridgehead atoms. The van der Waals surface area contributed by atoms with E-state index in [4.69, 9.17) is 5.11 Å². The van der Waals surface area contributed by atoms with Gasteiger partial charge in [-0.15, -0.1) is 0 Å². The molecule has 6 heteroatoms. The number of carboxylic acid groups (broad SMARTS) is 1. The van der Waals surface area contributed by atoms with E-state index in [0.29, 0.717) is 32.1 Å². The predicted octanol–water partition coefficient (Wildman–Crippen LogP) is 1.58. The van der Waals surface area contributed by atoms with E-state index in [0.717, 1.165) is 6.08 Å². The van der Waals surface area contributed by atoms with Gasteiger partial charge in [0.1, 0.15) is 11.6 Å². The topological polar surface area (TPSA) is 112 Å². The summed E-state index contributed by atoms with van der Waals surface area (Å²) in [6.07, 6.45) is 4.79. The van der Waals surface area contributed by atoms with E-state index < -0.39 is 17.1 Å². The molecule has 25 heavy (non-hydrogen) atoms. The van der Waals surface area contributed by atoms with Crippen LogP contribution in [0, 0.1) is 17.3 Å². The molecule has 0 heterocycles. The van der Waals surface area contributed by atoms with Gasteiger partial charge in [-0.2, -0.15) is 0 Å². The van der Waals surface area contributed by atoms with Crippen LogP contribution in [-0.4, -0.2) is 28.4 Å². The van der Waals surface area contributed by atoms with Crippen LogP contribution in [0.25, 0.3) is 0 Å². The van der Waals surface area contributed by atoms with Gasteiger partial charge in [0, 0.05) is 30.6 Å². The number of carbonyl (C=O) groups is 4. The molecule has 0 aromatic rings. The third-order valence-electron chi connectivity index (χ3n) is 5.75. The summed E-state index contributed by atoms with van der Waals surface area (Å²) < 4.78 is 0. The Labute approximate surface area is 146 Å². The van der Waals surface area contributed by atoms with Crippen LogP contribution in [0.5, 0.6) is 0 Å². The Hall–Kier alpha value is -2.24. The average Bonchev–Trinajstić information content (AvgIpc) is 2.87. The van der Waals surface area contributed by atoms with Gasteiger partial charge >= 0.3 is 5.97 Å². The van der Waals surface area contributed by atoms with Gasteiger partial charge in [0.25, 0.3) is 0 Å². The highest BCUT2D eigenvalue weighted by Crippen LogP contribution is 2.52. The molecule has 0 unspecified atom stereocenters. The molecular formula is C19H23O6-. The Morgan fingerprint density at radius 1 is 1.28 bits per heavy atom. The van der Waals surface area contributed by atoms with Gasteiger partial charge in [0.15, 0.2) is 5.78 Å². The molecule has 2 saturated carbocycles. The van der Waals surface area contributed by atoms with Crippen LogP contribution in [0.4, 0.5) is 0 Å². The van der Waals surface area contributed by atoms with Crippen LogP contribution in [-0.2, 0) is 19.2 Å². The highest BCUT2D eigenvalue weighted by Gasteiger charge is 2.53. The standard InChI is InChI=1S/C19H24O6/c1-11(3-6-16(22)18(24)25)14(20)7-4-12-13-5-8-17(23)19(13,2)10-9-15(12)21/h3,6,12-13,22H,4-5,7-10H2,1-2H3,(H,24,25)/p-1/t12-,13-,19-/m0/s1. The van der Waals surface area contributed by atoms with Gasteiger partial charge in [-0.05, 0) is 43.4 Å². The molecule has 2 aliphatic carbocycles. The van der Waals surface area contributed by atoms with Crippen molar-refractivity contribution in [2.24, 2.45) is 17.3 Å². The van der Waals surface area contributed by atoms with Crippen molar-refractivity contribution in [3.63, 3.8) is 0 Å². The fourth-order valence-corrected chi connectivity index (χ4v) is 4.07. The van der Waals surface area contributed by atoms with Crippen molar-refractivity contribution in [3.05, 3.63) is 23.5 Å². The van der Waals surface area contributed by atoms with Gasteiger partial charge < -0.3 is 10.2 Å². The predicted molar refractivity (Wildman–Crippen MR) is 87.3 cm³/mol. The lowest BCUT2D eigenvalue weighted by molar-refractivity contribution is -0.302. The molecule has 0 aromatic carbocycles. The van der Waals surface area contributed by atoms with Crippen molar-refractivity contribution in [2.45, 2.75) is 52.4 Å². The van der Waals surface area contributed by atoms with Crippen LogP contribution >= 0.6 is 0 Å². The number of rotatable bonds is 6. The Kier molecular flexibility index (Phi) is 5.60. The molecular weight excluding hydrogens is 324 g/mol. The molecule has 0 spiro atoms. The number of Topliss-reactive ketones (excluding diaryl/α,β-unsaturated/α-hetero) is 3. The van der Waals surface area contributed by atoms with Crippen molar-refractivity contribution in [1.82, 2.24) is 0 Å². The number of hydrogen-bond acceptors (Lipinski definition) is 5. The van der Waals surface area contributed by atoms with Crippen LogP contribution in [0.3, 0.4) is 0 Å². The number of ketones is 3. The minimum Gasteiger partial charge on any atom is -0.868 e. The lowest BCUT2D eigenvalue weighted by atomic mass is 9.62. The molecule has 2 rings (SSSR count). The van der Waals surface area contributed by atoms with E-state index in [1.807, 2.05) is 6.92 Å². The van der Waals surface area contributed by atoms with Gasteiger partial charge in [-0.25, -0.2) is 4.79 Å². The van der Waals surface area contributed by atoms with Gasteiger partial charge in [0.2, 0.25) is 0 Å². The van der Waals surface area contributed by atoms with E-state index >= 15 is 0 Å². The monoisotopic (exact) mass is 347 g/mol. The highest BCUT2D eigenvalue weighted by atomic mass is 16.4. The molecule has 0 aromatic heterocycles.